The minimum atomic E-state index is -0.0139. The molecule has 0 radical (unpaired) electrons. The lowest BCUT2D eigenvalue weighted by Gasteiger charge is -2.04. The number of phenolic OH excluding ortho intramolecular Hbond substituents is 2. The van der Waals surface area contributed by atoms with Crippen molar-refractivity contribution >= 4 is 28.0 Å². The van der Waals surface area contributed by atoms with Crippen LogP contribution in [0.4, 0.5) is 11.4 Å². The van der Waals surface area contributed by atoms with Gasteiger partial charge in [-0.25, -0.2) is 0 Å². The van der Waals surface area contributed by atoms with Crippen molar-refractivity contribution in [1.29, 1.82) is 5.41 Å². The Balaban J connectivity index is 2.00. The second-order valence-corrected chi connectivity index (χ2v) is 5.00. The van der Waals surface area contributed by atoms with Crippen LogP contribution in [0.25, 0.3) is 10.8 Å². The third kappa shape index (κ3) is 2.96. The number of nitrogen functional groups attached to an aromatic ring is 1. The van der Waals surface area contributed by atoms with Gasteiger partial charge in [-0.1, -0.05) is 6.07 Å². The summed E-state index contributed by atoms with van der Waals surface area (Å²) in [6.07, 6.45) is 0. The number of nitrogens with two attached hydrogens (primary N) is 1. The summed E-state index contributed by atoms with van der Waals surface area (Å²) in [5.41, 5.74) is 6.91. The van der Waals surface area contributed by atoms with Gasteiger partial charge in [0.15, 0.2) is 0 Å². The van der Waals surface area contributed by atoms with Crippen molar-refractivity contribution in [2.45, 2.75) is 0 Å². The van der Waals surface area contributed by atoms with Crippen LogP contribution in [0.5, 0.6) is 11.5 Å². The summed E-state index contributed by atoms with van der Waals surface area (Å²) in [6.45, 7) is 0. The van der Waals surface area contributed by atoms with E-state index in [9.17, 15) is 10.2 Å². The van der Waals surface area contributed by atoms with Crippen molar-refractivity contribution in [3.05, 3.63) is 60.2 Å². The number of fused-ring (bicyclic) bond motifs is 1. The quantitative estimate of drug-likeness (QED) is 0.333. The third-order valence-corrected chi connectivity index (χ3v) is 3.40. The average molecular weight is 306 g/mol. The van der Waals surface area contributed by atoms with Gasteiger partial charge in [0, 0.05) is 10.9 Å². The van der Waals surface area contributed by atoms with Crippen molar-refractivity contribution in [3.8, 4) is 11.5 Å². The molecular formula is C17H14N4O2. The van der Waals surface area contributed by atoms with Crippen LogP contribution in [-0.4, -0.2) is 16.0 Å². The smallest absolute Gasteiger partial charge is 0.143 e. The molecule has 0 saturated carbocycles. The fourth-order valence-electron chi connectivity index (χ4n) is 2.21. The molecule has 0 aliphatic rings. The highest BCUT2D eigenvalue weighted by Crippen LogP contribution is 2.37. The number of rotatable bonds is 3. The van der Waals surface area contributed by atoms with Gasteiger partial charge < -0.3 is 15.9 Å². The summed E-state index contributed by atoms with van der Waals surface area (Å²) < 4.78 is 0. The van der Waals surface area contributed by atoms with Crippen molar-refractivity contribution in [3.63, 3.8) is 0 Å². The third-order valence-electron chi connectivity index (χ3n) is 3.40. The maximum atomic E-state index is 10.0. The molecule has 0 fully saturated rings. The highest BCUT2D eigenvalue weighted by molar-refractivity contribution is 5.96. The van der Waals surface area contributed by atoms with Crippen LogP contribution in [0.1, 0.15) is 5.56 Å². The Morgan fingerprint density at radius 1 is 0.913 bits per heavy atom. The summed E-state index contributed by atoms with van der Waals surface area (Å²) in [5, 5.41) is 36.5. The first-order valence-electron chi connectivity index (χ1n) is 6.85. The molecule has 6 heteroatoms. The van der Waals surface area contributed by atoms with Crippen LogP contribution < -0.4 is 5.73 Å². The van der Waals surface area contributed by atoms with Crippen molar-refractivity contribution < 1.29 is 10.2 Å². The second-order valence-electron chi connectivity index (χ2n) is 5.00. The minimum Gasteiger partial charge on any atom is -0.508 e. The molecule has 0 bridgehead atoms. The van der Waals surface area contributed by atoms with E-state index in [1.165, 1.54) is 12.1 Å². The molecule has 0 atom stereocenters. The van der Waals surface area contributed by atoms with Crippen LogP contribution >= 0.6 is 0 Å². The Labute approximate surface area is 132 Å². The van der Waals surface area contributed by atoms with E-state index in [-0.39, 0.29) is 17.3 Å². The first-order valence-corrected chi connectivity index (χ1v) is 6.85. The maximum Gasteiger partial charge on any atom is 0.143 e. The van der Waals surface area contributed by atoms with Crippen molar-refractivity contribution in [2.75, 3.05) is 0 Å². The number of nitrogens with one attached hydrogen (secondary N) is 1. The molecule has 3 rings (SSSR count). The molecule has 0 unspecified atom stereocenters. The standard InChI is InChI=1S/C17H14N4O2/c18-17(19)10-1-4-12(5-2-10)20-21-16-14-7-6-13(22)9-11(14)3-8-15(16)23/h1-9,22-23H,(H3,18,19). The highest BCUT2D eigenvalue weighted by Gasteiger charge is 2.07. The number of benzene rings is 3. The van der Waals surface area contributed by atoms with Gasteiger partial charge in [0.25, 0.3) is 0 Å². The van der Waals surface area contributed by atoms with E-state index in [0.717, 1.165) is 5.39 Å². The van der Waals surface area contributed by atoms with Gasteiger partial charge >= 0.3 is 0 Å². The molecule has 5 N–H and O–H groups in total. The van der Waals surface area contributed by atoms with Gasteiger partial charge in [0.05, 0.1) is 5.69 Å². The van der Waals surface area contributed by atoms with Gasteiger partial charge in [0.1, 0.15) is 23.0 Å². The van der Waals surface area contributed by atoms with Gasteiger partial charge in [0.2, 0.25) is 0 Å². The van der Waals surface area contributed by atoms with Crippen LogP contribution in [-0.2, 0) is 0 Å². The lowest BCUT2D eigenvalue weighted by atomic mass is 10.1. The summed E-state index contributed by atoms with van der Waals surface area (Å²) in [7, 11) is 0. The summed E-state index contributed by atoms with van der Waals surface area (Å²) in [4.78, 5) is 0. The lowest BCUT2D eigenvalue weighted by molar-refractivity contribution is 0.474. The normalized spacial score (nSPS) is 11.1. The largest absolute Gasteiger partial charge is 0.508 e. The predicted octanol–water partition coefficient (Wildman–Crippen LogP) is 3.95. The molecule has 23 heavy (non-hydrogen) atoms. The molecule has 0 spiro atoms. The fourth-order valence-corrected chi connectivity index (χ4v) is 2.21. The molecule has 3 aromatic carbocycles. The predicted molar refractivity (Wildman–Crippen MR) is 88.9 cm³/mol. The molecule has 0 aromatic heterocycles. The molecule has 0 amide bonds. The number of azo groups is 1. The number of hydrogen-bond acceptors (Lipinski definition) is 5. The number of hydrogen-bond donors (Lipinski definition) is 4. The number of phenols is 2. The number of nitrogens with zero attached hydrogens (tertiary/aromatic N) is 2. The maximum absolute atomic E-state index is 10.0. The molecule has 0 aliphatic carbocycles. The Kier molecular flexibility index (Phi) is 3.64. The van der Waals surface area contributed by atoms with E-state index >= 15 is 0 Å². The monoisotopic (exact) mass is 306 g/mol. The molecule has 0 saturated heterocycles. The zero-order valence-electron chi connectivity index (χ0n) is 12.1. The van der Waals surface area contributed by atoms with E-state index in [1.807, 2.05) is 0 Å². The molecule has 114 valence electrons. The van der Waals surface area contributed by atoms with E-state index in [4.69, 9.17) is 11.1 Å². The van der Waals surface area contributed by atoms with E-state index in [1.54, 1.807) is 42.5 Å². The molecule has 0 aliphatic heterocycles. The molecule has 0 heterocycles. The number of amidine groups is 1. The fraction of sp³-hybridized carbons (Fsp3) is 0. The van der Waals surface area contributed by atoms with Crippen LogP contribution in [0.15, 0.2) is 64.8 Å². The van der Waals surface area contributed by atoms with Crippen molar-refractivity contribution in [2.24, 2.45) is 16.0 Å². The number of aromatic hydroxyl groups is 2. The van der Waals surface area contributed by atoms with E-state index in [2.05, 4.69) is 10.2 Å². The first-order chi connectivity index (χ1) is 11.0. The van der Waals surface area contributed by atoms with Gasteiger partial charge in [-0.05, 0) is 53.9 Å². The average Bonchev–Trinajstić information content (AvgIpc) is 2.54. The van der Waals surface area contributed by atoms with Crippen LogP contribution in [0.3, 0.4) is 0 Å². The Bertz CT molecular complexity index is 918. The summed E-state index contributed by atoms with van der Waals surface area (Å²) in [6, 6.07) is 14.7. The topological polar surface area (TPSA) is 115 Å². The van der Waals surface area contributed by atoms with Crippen LogP contribution in [0.2, 0.25) is 0 Å². The Morgan fingerprint density at radius 2 is 1.65 bits per heavy atom. The second kappa shape index (κ2) is 5.76. The van der Waals surface area contributed by atoms with Gasteiger partial charge in [-0.15, -0.1) is 5.11 Å². The van der Waals surface area contributed by atoms with Gasteiger partial charge in [-0.3, -0.25) is 5.41 Å². The molecule has 3 aromatic rings. The minimum absolute atomic E-state index is 0.00676. The molecule has 6 nitrogen and oxygen atoms in total. The SMILES string of the molecule is N=C(N)c1ccc(N=Nc2c(O)ccc3cc(O)ccc23)cc1. The zero-order valence-corrected chi connectivity index (χ0v) is 12.1. The van der Waals surface area contributed by atoms with Crippen molar-refractivity contribution in [1.82, 2.24) is 0 Å². The van der Waals surface area contributed by atoms with E-state index in [0.29, 0.717) is 22.3 Å². The first kappa shape index (κ1) is 14.5. The Hall–Kier alpha value is -3.41. The van der Waals surface area contributed by atoms with E-state index < -0.39 is 0 Å². The summed E-state index contributed by atoms with van der Waals surface area (Å²) >= 11 is 0. The lowest BCUT2D eigenvalue weighted by Crippen LogP contribution is -2.10. The molecular weight excluding hydrogens is 292 g/mol. The van der Waals surface area contributed by atoms with Gasteiger partial charge in [-0.2, -0.15) is 5.11 Å². The van der Waals surface area contributed by atoms with Crippen LogP contribution in [0, 0.1) is 5.41 Å². The summed E-state index contributed by atoms with van der Waals surface area (Å²) in [5.74, 6) is 0.137. The zero-order chi connectivity index (χ0) is 16.4. The Morgan fingerprint density at radius 3 is 2.35 bits per heavy atom. The highest BCUT2D eigenvalue weighted by atomic mass is 16.3.